The molecule has 0 bridgehead atoms. The van der Waals surface area contributed by atoms with Gasteiger partial charge in [0.1, 0.15) is 0 Å². The predicted octanol–water partition coefficient (Wildman–Crippen LogP) is 19.5. The number of fused-ring (bicyclic) bond motifs is 7. The maximum Gasteiger partial charge on any atom is 0.0713 e. The Kier molecular flexibility index (Phi) is 10.5. The van der Waals surface area contributed by atoms with Crippen LogP contribution >= 0.6 is 11.3 Å². The average molecular weight is 962 g/mol. The standard InChI is InChI=1S/C72H51NS/c1-71(63-39-21-40-64-70(63)60-33-11-14-38-62(60)72(64,52-27-7-3-8-28-52)53-29-9-4-10-30-53)46-44-54(45-47-71)73(55-31-17-26-51(48-55)57-36-20-43-67-69(57)61-34-13-16-42-66(61)74-67)65-41-15-12-32-58(65)59-37-19-25-50-24-18-35-56(68(50)59)49-22-5-2-6-23-49/h2-46,48H,47H2,1H3. The second kappa shape index (κ2) is 17.7. The first-order valence-electron chi connectivity index (χ1n) is 25.8. The molecule has 14 rings (SSSR count). The van der Waals surface area contributed by atoms with Gasteiger partial charge in [0, 0.05) is 42.5 Å². The van der Waals surface area contributed by atoms with Crippen LogP contribution in [0.2, 0.25) is 0 Å². The first-order chi connectivity index (χ1) is 36.6. The van der Waals surface area contributed by atoms with Crippen LogP contribution < -0.4 is 4.90 Å². The molecule has 0 saturated carbocycles. The highest BCUT2D eigenvalue weighted by Gasteiger charge is 2.48. The monoisotopic (exact) mass is 961 g/mol. The molecular formula is C72H51NS. The molecule has 0 N–H and O–H groups in total. The van der Waals surface area contributed by atoms with E-state index in [-0.39, 0.29) is 5.41 Å². The molecule has 1 unspecified atom stereocenters. The molecule has 1 atom stereocenters. The molecule has 12 aromatic rings. The molecule has 11 aromatic carbocycles. The Morgan fingerprint density at radius 1 is 0.419 bits per heavy atom. The SMILES string of the molecule is CC1(c2cccc3c2-c2ccccc2C3(c2ccccc2)c2ccccc2)C=CC(N(c2cccc(-c3cccc4sc5ccccc5c34)c2)c2ccccc2-c2cccc3cccc(-c4ccccc4)c23)=CC1. The molecule has 350 valence electrons. The molecule has 2 aliphatic carbocycles. The molecule has 74 heavy (non-hydrogen) atoms. The summed E-state index contributed by atoms with van der Waals surface area (Å²) in [5.41, 5.74) is 19.1. The highest BCUT2D eigenvalue weighted by molar-refractivity contribution is 7.25. The van der Waals surface area contributed by atoms with E-state index in [2.05, 4.69) is 291 Å². The fourth-order valence-corrected chi connectivity index (χ4v) is 13.8. The number of nitrogens with zero attached hydrogens (tertiary/aromatic N) is 1. The Hall–Kier alpha value is -8.82. The van der Waals surface area contributed by atoms with E-state index in [1.54, 1.807) is 0 Å². The van der Waals surface area contributed by atoms with Crippen molar-refractivity contribution in [1.29, 1.82) is 0 Å². The van der Waals surface area contributed by atoms with Gasteiger partial charge in [-0.25, -0.2) is 0 Å². The van der Waals surface area contributed by atoms with Gasteiger partial charge in [-0.3, -0.25) is 0 Å². The molecule has 0 fully saturated rings. The first kappa shape index (κ1) is 43.9. The minimum absolute atomic E-state index is 0.311. The Bertz CT molecular complexity index is 4140. The van der Waals surface area contributed by atoms with Crippen LogP contribution in [0.1, 0.15) is 41.2 Å². The number of hydrogen-bond acceptors (Lipinski definition) is 2. The van der Waals surface area contributed by atoms with Crippen molar-refractivity contribution in [3.05, 3.63) is 313 Å². The van der Waals surface area contributed by atoms with Gasteiger partial charge in [-0.15, -0.1) is 11.3 Å². The van der Waals surface area contributed by atoms with Crippen LogP contribution in [-0.4, -0.2) is 0 Å². The molecule has 1 heterocycles. The van der Waals surface area contributed by atoms with E-state index in [4.69, 9.17) is 0 Å². The maximum absolute atomic E-state index is 2.52. The van der Waals surface area contributed by atoms with Gasteiger partial charge in [0.25, 0.3) is 0 Å². The van der Waals surface area contributed by atoms with Crippen LogP contribution in [0.4, 0.5) is 11.4 Å². The number of hydrogen-bond donors (Lipinski definition) is 0. The van der Waals surface area contributed by atoms with Crippen LogP contribution in [0.5, 0.6) is 0 Å². The van der Waals surface area contributed by atoms with E-state index >= 15 is 0 Å². The van der Waals surface area contributed by atoms with E-state index in [0.29, 0.717) is 0 Å². The number of allylic oxidation sites excluding steroid dienone is 3. The summed E-state index contributed by atoms with van der Waals surface area (Å²) < 4.78 is 2.61. The van der Waals surface area contributed by atoms with Crippen molar-refractivity contribution in [2.24, 2.45) is 0 Å². The highest BCUT2D eigenvalue weighted by atomic mass is 32.1. The van der Waals surface area contributed by atoms with Crippen molar-refractivity contribution >= 4 is 53.7 Å². The van der Waals surface area contributed by atoms with Crippen molar-refractivity contribution in [2.45, 2.75) is 24.2 Å². The molecule has 0 amide bonds. The number of anilines is 2. The molecule has 0 spiro atoms. The topological polar surface area (TPSA) is 3.24 Å². The van der Waals surface area contributed by atoms with Gasteiger partial charge in [-0.2, -0.15) is 0 Å². The number of para-hydroxylation sites is 1. The van der Waals surface area contributed by atoms with E-state index in [1.807, 2.05) is 11.3 Å². The van der Waals surface area contributed by atoms with Crippen molar-refractivity contribution in [3.8, 4) is 44.5 Å². The van der Waals surface area contributed by atoms with Gasteiger partial charge < -0.3 is 4.90 Å². The van der Waals surface area contributed by atoms with Crippen LogP contribution in [-0.2, 0) is 10.8 Å². The number of benzene rings is 11. The molecule has 2 heteroatoms. The summed E-state index contributed by atoms with van der Waals surface area (Å²) in [6.07, 6.45) is 8.21. The molecule has 0 saturated heterocycles. The molecule has 1 aromatic heterocycles. The quantitative estimate of drug-likeness (QED) is 0.139. The van der Waals surface area contributed by atoms with Crippen molar-refractivity contribution in [3.63, 3.8) is 0 Å². The Balaban J connectivity index is 0.949. The molecule has 2 aliphatic rings. The average Bonchev–Trinajstić information content (AvgIpc) is 4.04. The van der Waals surface area contributed by atoms with Crippen molar-refractivity contribution in [1.82, 2.24) is 0 Å². The molecule has 1 nitrogen and oxygen atoms in total. The molecular weight excluding hydrogens is 911 g/mol. The minimum Gasteiger partial charge on any atom is -0.310 e. The van der Waals surface area contributed by atoms with Gasteiger partial charge in [0.05, 0.1) is 11.1 Å². The van der Waals surface area contributed by atoms with Crippen molar-refractivity contribution < 1.29 is 0 Å². The largest absolute Gasteiger partial charge is 0.310 e. The van der Waals surface area contributed by atoms with Crippen LogP contribution in [0, 0.1) is 0 Å². The third kappa shape index (κ3) is 6.90. The van der Waals surface area contributed by atoms with Gasteiger partial charge in [-0.05, 0) is 120 Å². The maximum atomic E-state index is 2.52. The van der Waals surface area contributed by atoms with E-state index < -0.39 is 5.41 Å². The summed E-state index contributed by atoms with van der Waals surface area (Å²) in [5.74, 6) is 0. The normalized spacial score (nSPS) is 15.5. The summed E-state index contributed by atoms with van der Waals surface area (Å²) >= 11 is 1.87. The van der Waals surface area contributed by atoms with Gasteiger partial charge in [0.2, 0.25) is 0 Å². The zero-order valence-corrected chi connectivity index (χ0v) is 41.9. The van der Waals surface area contributed by atoms with E-state index in [1.165, 1.54) is 103 Å². The fourth-order valence-electron chi connectivity index (χ4n) is 12.6. The number of rotatable bonds is 9. The zero-order chi connectivity index (χ0) is 49.2. The fraction of sp³-hybridized carbons (Fsp3) is 0.0556. The lowest BCUT2D eigenvalue weighted by atomic mass is 9.67. The highest BCUT2D eigenvalue weighted by Crippen LogP contribution is 2.59. The Morgan fingerprint density at radius 2 is 0.973 bits per heavy atom. The second-order valence-corrected chi connectivity index (χ2v) is 21.2. The summed E-state index contributed by atoms with van der Waals surface area (Å²) in [6, 6.07) is 96.7. The third-order valence-corrected chi connectivity index (χ3v) is 17.1. The first-order valence-corrected chi connectivity index (χ1v) is 26.6. The third-order valence-electron chi connectivity index (χ3n) is 16.0. The van der Waals surface area contributed by atoms with E-state index in [9.17, 15) is 0 Å². The minimum atomic E-state index is -0.465. The van der Waals surface area contributed by atoms with Gasteiger partial charge >= 0.3 is 0 Å². The lowest BCUT2D eigenvalue weighted by Crippen LogP contribution is -2.29. The predicted molar refractivity (Wildman–Crippen MR) is 315 cm³/mol. The molecule has 0 aliphatic heterocycles. The smallest absolute Gasteiger partial charge is 0.0713 e. The van der Waals surface area contributed by atoms with Gasteiger partial charge in [0.15, 0.2) is 0 Å². The van der Waals surface area contributed by atoms with Crippen molar-refractivity contribution in [2.75, 3.05) is 4.90 Å². The Morgan fingerprint density at radius 3 is 1.73 bits per heavy atom. The summed E-state index contributed by atoms with van der Waals surface area (Å²) in [5, 5.41) is 5.09. The van der Waals surface area contributed by atoms with Crippen LogP contribution in [0.3, 0.4) is 0 Å². The lowest BCUT2D eigenvalue weighted by molar-refractivity contribution is 0.596. The molecule has 0 radical (unpaired) electrons. The summed E-state index contributed by atoms with van der Waals surface area (Å²) in [6.45, 7) is 2.44. The lowest BCUT2D eigenvalue weighted by Gasteiger charge is -2.36. The van der Waals surface area contributed by atoms with Crippen LogP contribution in [0.25, 0.3) is 75.5 Å². The summed E-state index contributed by atoms with van der Waals surface area (Å²) in [4.78, 5) is 2.52. The Labute approximate surface area is 437 Å². The van der Waals surface area contributed by atoms with Gasteiger partial charge in [-0.1, -0.05) is 250 Å². The number of thiophene rings is 1. The van der Waals surface area contributed by atoms with E-state index in [0.717, 1.165) is 23.5 Å². The van der Waals surface area contributed by atoms with Crippen LogP contribution in [0.15, 0.2) is 285 Å². The zero-order valence-electron chi connectivity index (χ0n) is 41.1. The second-order valence-electron chi connectivity index (χ2n) is 20.1. The summed E-state index contributed by atoms with van der Waals surface area (Å²) in [7, 11) is 0.